The standard InChI is InChI=1S/C18H24F2O6/c1-5-17(3,4)14(21)25-11-9-6-10-12(11)26-16(23)18(10,7-9)15(22)24-8(2)13(19)20/h8-13H,5-7H2,1-4H3. The summed E-state index contributed by atoms with van der Waals surface area (Å²) in [7, 11) is 0. The van der Waals surface area contributed by atoms with Gasteiger partial charge in [0, 0.05) is 11.8 Å². The van der Waals surface area contributed by atoms with Crippen molar-refractivity contribution in [3.8, 4) is 0 Å². The largest absolute Gasteiger partial charge is 0.458 e. The van der Waals surface area contributed by atoms with Gasteiger partial charge in [0.15, 0.2) is 11.5 Å². The van der Waals surface area contributed by atoms with Crippen molar-refractivity contribution in [3.63, 3.8) is 0 Å². The molecule has 2 bridgehead atoms. The minimum Gasteiger partial charge on any atom is -0.458 e. The number of alkyl halides is 2. The molecule has 2 saturated carbocycles. The molecule has 6 nitrogen and oxygen atoms in total. The second-order valence-electron chi connectivity index (χ2n) is 8.20. The highest BCUT2D eigenvalue weighted by atomic mass is 19.3. The third kappa shape index (κ3) is 2.60. The van der Waals surface area contributed by atoms with Crippen LogP contribution in [0.25, 0.3) is 0 Å². The molecule has 1 aliphatic heterocycles. The van der Waals surface area contributed by atoms with E-state index in [0.29, 0.717) is 12.8 Å². The summed E-state index contributed by atoms with van der Waals surface area (Å²) in [4.78, 5) is 37.3. The molecule has 0 spiro atoms. The number of esters is 3. The highest BCUT2D eigenvalue weighted by molar-refractivity contribution is 6.03. The molecule has 1 saturated heterocycles. The lowest BCUT2D eigenvalue weighted by Gasteiger charge is -2.32. The predicted molar refractivity (Wildman–Crippen MR) is 84.0 cm³/mol. The number of rotatable bonds is 6. The number of carbonyl (C=O) groups is 3. The quantitative estimate of drug-likeness (QED) is 0.404. The van der Waals surface area contributed by atoms with E-state index < -0.39 is 53.4 Å². The van der Waals surface area contributed by atoms with Crippen molar-refractivity contribution in [2.24, 2.45) is 22.7 Å². The highest BCUT2D eigenvalue weighted by Gasteiger charge is 2.75. The molecular weight excluding hydrogens is 350 g/mol. The first-order chi connectivity index (χ1) is 12.0. The third-order valence-corrected chi connectivity index (χ3v) is 6.26. The summed E-state index contributed by atoms with van der Waals surface area (Å²) in [5, 5.41) is 0. The smallest absolute Gasteiger partial charge is 0.324 e. The number of ether oxygens (including phenoxy) is 3. The fraction of sp³-hybridized carbons (Fsp3) is 0.833. The number of fused-ring (bicyclic) bond motifs is 1. The van der Waals surface area contributed by atoms with Crippen LogP contribution in [-0.2, 0) is 28.6 Å². The molecule has 0 aromatic rings. The van der Waals surface area contributed by atoms with Crippen LogP contribution in [-0.4, -0.2) is 42.6 Å². The average molecular weight is 374 g/mol. The second-order valence-corrected chi connectivity index (χ2v) is 8.20. The maximum Gasteiger partial charge on any atom is 0.324 e. The Hall–Kier alpha value is -1.73. The number of carbonyl (C=O) groups excluding carboxylic acids is 3. The summed E-state index contributed by atoms with van der Waals surface area (Å²) >= 11 is 0. The van der Waals surface area contributed by atoms with Crippen LogP contribution in [0.3, 0.4) is 0 Å². The van der Waals surface area contributed by atoms with Crippen molar-refractivity contribution in [3.05, 3.63) is 0 Å². The van der Waals surface area contributed by atoms with Gasteiger partial charge in [-0.25, -0.2) is 8.78 Å². The van der Waals surface area contributed by atoms with Crippen molar-refractivity contribution in [1.29, 1.82) is 0 Å². The lowest BCUT2D eigenvalue weighted by atomic mass is 9.73. The van der Waals surface area contributed by atoms with Crippen LogP contribution < -0.4 is 0 Å². The van der Waals surface area contributed by atoms with Crippen LogP contribution >= 0.6 is 0 Å². The average Bonchev–Trinajstić information content (AvgIpc) is 3.16. The summed E-state index contributed by atoms with van der Waals surface area (Å²) < 4.78 is 41.2. The number of halogens is 2. The molecule has 146 valence electrons. The first-order valence-corrected chi connectivity index (χ1v) is 8.96. The van der Waals surface area contributed by atoms with E-state index in [4.69, 9.17) is 14.2 Å². The molecule has 3 rings (SSSR count). The Morgan fingerprint density at radius 2 is 2.04 bits per heavy atom. The summed E-state index contributed by atoms with van der Waals surface area (Å²) in [5.74, 6) is -2.80. The van der Waals surface area contributed by atoms with E-state index in [-0.39, 0.29) is 18.3 Å². The van der Waals surface area contributed by atoms with Gasteiger partial charge in [-0.3, -0.25) is 14.4 Å². The molecule has 3 fully saturated rings. The lowest BCUT2D eigenvalue weighted by molar-refractivity contribution is -0.174. The Bertz CT molecular complexity index is 633. The fourth-order valence-electron chi connectivity index (χ4n) is 4.18. The summed E-state index contributed by atoms with van der Waals surface area (Å²) in [6.45, 7) is 6.51. The first kappa shape index (κ1) is 19.0. The summed E-state index contributed by atoms with van der Waals surface area (Å²) in [5.41, 5.74) is -2.20. The zero-order chi connectivity index (χ0) is 19.4. The van der Waals surface area contributed by atoms with Crippen molar-refractivity contribution >= 4 is 17.9 Å². The normalized spacial score (nSPS) is 36.2. The van der Waals surface area contributed by atoms with E-state index in [2.05, 4.69) is 0 Å². The molecule has 8 heteroatoms. The van der Waals surface area contributed by atoms with E-state index in [1.54, 1.807) is 13.8 Å². The molecule has 1 heterocycles. The van der Waals surface area contributed by atoms with E-state index in [1.807, 2.05) is 6.92 Å². The van der Waals surface area contributed by atoms with Gasteiger partial charge in [0.2, 0.25) is 0 Å². The van der Waals surface area contributed by atoms with Gasteiger partial charge < -0.3 is 14.2 Å². The third-order valence-electron chi connectivity index (χ3n) is 6.26. The molecule has 3 aliphatic rings. The highest BCUT2D eigenvalue weighted by Crippen LogP contribution is 2.63. The zero-order valence-corrected chi connectivity index (χ0v) is 15.3. The second kappa shape index (κ2) is 6.16. The number of hydrogen-bond donors (Lipinski definition) is 0. The molecule has 0 aromatic carbocycles. The van der Waals surface area contributed by atoms with Gasteiger partial charge in [-0.1, -0.05) is 6.92 Å². The van der Waals surface area contributed by atoms with Crippen molar-refractivity contribution in [2.75, 3.05) is 0 Å². The number of hydrogen-bond acceptors (Lipinski definition) is 6. The Kier molecular flexibility index (Phi) is 4.51. The predicted octanol–water partition coefficient (Wildman–Crippen LogP) is 2.48. The minimum atomic E-state index is -2.83. The molecule has 26 heavy (non-hydrogen) atoms. The van der Waals surface area contributed by atoms with Gasteiger partial charge in [0.05, 0.1) is 5.41 Å². The van der Waals surface area contributed by atoms with Crippen molar-refractivity contribution < 1.29 is 37.4 Å². The zero-order valence-electron chi connectivity index (χ0n) is 15.3. The van der Waals surface area contributed by atoms with Gasteiger partial charge in [0.1, 0.15) is 12.2 Å². The van der Waals surface area contributed by atoms with Gasteiger partial charge in [-0.2, -0.15) is 0 Å². The summed E-state index contributed by atoms with van der Waals surface area (Å²) in [6, 6.07) is 0. The fourth-order valence-corrected chi connectivity index (χ4v) is 4.18. The maximum atomic E-state index is 12.7. The molecule has 0 aromatic heterocycles. The Labute approximate surface area is 150 Å². The van der Waals surface area contributed by atoms with E-state index in [9.17, 15) is 23.2 Å². The van der Waals surface area contributed by atoms with Crippen LogP contribution in [0.2, 0.25) is 0 Å². The molecule has 6 unspecified atom stereocenters. The van der Waals surface area contributed by atoms with Gasteiger partial charge in [-0.15, -0.1) is 0 Å². The van der Waals surface area contributed by atoms with Crippen LogP contribution in [0, 0.1) is 22.7 Å². The molecule has 0 radical (unpaired) electrons. The Morgan fingerprint density at radius 3 is 2.62 bits per heavy atom. The summed E-state index contributed by atoms with van der Waals surface area (Å²) in [6.07, 6.45) is -4.57. The van der Waals surface area contributed by atoms with Gasteiger partial charge in [0.25, 0.3) is 6.43 Å². The SMILES string of the molecule is CCC(C)(C)C(=O)OC1C2CC3C1OC(=O)C3(C(=O)OC(C)C(F)F)C2. The topological polar surface area (TPSA) is 78.9 Å². The first-order valence-electron chi connectivity index (χ1n) is 8.96. The Balaban J connectivity index is 1.76. The van der Waals surface area contributed by atoms with Crippen LogP contribution in [0.4, 0.5) is 8.78 Å². The van der Waals surface area contributed by atoms with Gasteiger partial charge >= 0.3 is 17.9 Å². The molecular formula is C18H24F2O6. The van der Waals surface area contributed by atoms with E-state index in [1.165, 1.54) is 0 Å². The van der Waals surface area contributed by atoms with E-state index in [0.717, 1.165) is 6.92 Å². The van der Waals surface area contributed by atoms with Crippen LogP contribution in [0.1, 0.15) is 47.0 Å². The molecule has 2 aliphatic carbocycles. The maximum absolute atomic E-state index is 12.7. The Morgan fingerprint density at radius 1 is 1.38 bits per heavy atom. The lowest BCUT2D eigenvalue weighted by Crippen LogP contribution is -2.47. The van der Waals surface area contributed by atoms with Crippen LogP contribution in [0.5, 0.6) is 0 Å². The monoisotopic (exact) mass is 374 g/mol. The molecule has 0 N–H and O–H groups in total. The van der Waals surface area contributed by atoms with Crippen molar-refractivity contribution in [1.82, 2.24) is 0 Å². The van der Waals surface area contributed by atoms with Crippen LogP contribution in [0.15, 0.2) is 0 Å². The van der Waals surface area contributed by atoms with E-state index >= 15 is 0 Å². The minimum absolute atomic E-state index is 0.103. The van der Waals surface area contributed by atoms with Gasteiger partial charge in [-0.05, 0) is 40.0 Å². The molecule has 6 atom stereocenters. The van der Waals surface area contributed by atoms with Crippen molar-refractivity contribution in [2.45, 2.75) is 71.7 Å². The molecule has 0 amide bonds.